The van der Waals surface area contributed by atoms with Crippen LogP contribution >= 0.6 is 0 Å². The van der Waals surface area contributed by atoms with Crippen LogP contribution in [0.1, 0.15) is 13.8 Å². The van der Waals surface area contributed by atoms with Gasteiger partial charge in [0, 0.05) is 19.4 Å². The Hall–Kier alpha value is -1.19. The van der Waals surface area contributed by atoms with E-state index < -0.39 is 12.0 Å². The zero-order valence-electron chi connectivity index (χ0n) is 7.56. The highest BCUT2D eigenvalue weighted by Gasteiger charge is 2.27. The van der Waals surface area contributed by atoms with Crippen LogP contribution in [0.15, 0.2) is 12.4 Å². The van der Waals surface area contributed by atoms with Crippen LogP contribution in [0.25, 0.3) is 0 Å². The first-order chi connectivity index (χ1) is 5.54. The van der Waals surface area contributed by atoms with E-state index in [1.807, 2.05) is 36.2 Å². The fourth-order valence-corrected chi connectivity index (χ4v) is 1.22. The standard InChI is InChI=1S/C8H14N2O2/c1-6(8(11)12)10-5-4-9(3)7(10)2/h4-7H,1-3H3,(H,11,12). The van der Waals surface area contributed by atoms with Crippen molar-refractivity contribution in [3.8, 4) is 0 Å². The summed E-state index contributed by atoms with van der Waals surface area (Å²) in [5.74, 6) is -0.790. The maximum atomic E-state index is 10.6. The van der Waals surface area contributed by atoms with Crippen molar-refractivity contribution < 1.29 is 9.90 Å². The van der Waals surface area contributed by atoms with E-state index in [4.69, 9.17) is 5.11 Å². The molecule has 1 aliphatic heterocycles. The lowest BCUT2D eigenvalue weighted by atomic mass is 10.3. The van der Waals surface area contributed by atoms with Gasteiger partial charge in [-0.05, 0) is 13.8 Å². The number of aliphatic carboxylic acids is 1. The number of rotatable bonds is 2. The average Bonchev–Trinajstić information content (AvgIpc) is 2.32. The number of nitrogens with zero attached hydrogens (tertiary/aromatic N) is 2. The van der Waals surface area contributed by atoms with Crippen molar-refractivity contribution in [2.45, 2.75) is 26.1 Å². The first-order valence-corrected chi connectivity index (χ1v) is 3.94. The van der Waals surface area contributed by atoms with E-state index in [0.29, 0.717) is 0 Å². The summed E-state index contributed by atoms with van der Waals surface area (Å²) >= 11 is 0. The van der Waals surface area contributed by atoms with Crippen molar-refractivity contribution in [3.63, 3.8) is 0 Å². The van der Waals surface area contributed by atoms with Gasteiger partial charge in [0.05, 0.1) is 6.17 Å². The van der Waals surface area contributed by atoms with Gasteiger partial charge in [-0.2, -0.15) is 0 Å². The van der Waals surface area contributed by atoms with E-state index in [0.717, 1.165) is 0 Å². The Labute approximate surface area is 72.1 Å². The number of carboxylic acids is 1. The van der Waals surface area contributed by atoms with Crippen molar-refractivity contribution in [3.05, 3.63) is 12.4 Å². The van der Waals surface area contributed by atoms with Gasteiger partial charge >= 0.3 is 5.97 Å². The van der Waals surface area contributed by atoms with Gasteiger partial charge in [0.15, 0.2) is 0 Å². The van der Waals surface area contributed by atoms with Gasteiger partial charge < -0.3 is 14.9 Å². The number of hydrogen-bond acceptors (Lipinski definition) is 3. The van der Waals surface area contributed by atoms with E-state index in [2.05, 4.69) is 0 Å². The normalized spacial score (nSPS) is 24.8. The molecule has 1 N–H and O–H groups in total. The lowest BCUT2D eigenvalue weighted by Crippen LogP contribution is -2.42. The molecule has 2 atom stereocenters. The molecule has 0 saturated heterocycles. The van der Waals surface area contributed by atoms with Crippen molar-refractivity contribution in [2.24, 2.45) is 0 Å². The van der Waals surface area contributed by atoms with Gasteiger partial charge in [0.1, 0.15) is 6.04 Å². The molecule has 4 heteroatoms. The highest BCUT2D eigenvalue weighted by Crippen LogP contribution is 2.16. The molecule has 0 radical (unpaired) electrons. The number of carbonyl (C=O) groups is 1. The Morgan fingerprint density at radius 3 is 2.50 bits per heavy atom. The summed E-state index contributed by atoms with van der Waals surface area (Å²) in [5.41, 5.74) is 0. The summed E-state index contributed by atoms with van der Waals surface area (Å²) in [4.78, 5) is 14.4. The summed E-state index contributed by atoms with van der Waals surface area (Å²) in [6.07, 6.45) is 3.82. The molecule has 0 aromatic rings. The summed E-state index contributed by atoms with van der Waals surface area (Å²) in [5, 5.41) is 8.75. The maximum absolute atomic E-state index is 10.6. The lowest BCUT2D eigenvalue weighted by Gasteiger charge is -2.29. The van der Waals surface area contributed by atoms with Crippen molar-refractivity contribution in [1.29, 1.82) is 0 Å². The van der Waals surface area contributed by atoms with Crippen LogP contribution in [0.3, 0.4) is 0 Å². The lowest BCUT2D eigenvalue weighted by molar-refractivity contribution is -0.142. The Balaban J connectivity index is 2.66. The third kappa shape index (κ3) is 1.37. The smallest absolute Gasteiger partial charge is 0.326 e. The number of hydrogen-bond donors (Lipinski definition) is 1. The molecule has 1 heterocycles. The molecule has 0 aromatic carbocycles. The van der Waals surface area contributed by atoms with Crippen LogP contribution in [0.4, 0.5) is 0 Å². The summed E-state index contributed by atoms with van der Waals surface area (Å²) < 4.78 is 0. The summed E-state index contributed by atoms with van der Waals surface area (Å²) in [6, 6.07) is -0.457. The molecule has 0 saturated carbocycles. The summed E-state index contributed by atoms with van der Waals surface area (Å²) in [7, 11) is 1.93. The second kappa shape index (κ2) is 3.05. The minimum absolute atomic E-state index is 0.135. The molecule has 0 amide bonds. The molecule has 12 heavy (non-hydrogen) atoms. The fraction of sp³-hybridized carbons (Fsp3) is 0.625. The van der Waals surface area contributed by atoms with E-state index >= 15 is 0 Å². The minimum Gasteiger partial charge on any atom is -0.480 e. The number of carboxylic acid groups (broad SMARTS) is 1. The van der Waals surface area contributed by atoms with Gasteiger partial charge in [-0.3, -0.25) is 0 Å². The molecule has 2 unspecified atom stereocenters. The predicted molar refractivity (Wildman–Crippen MR) is 45.3 cm³/mol. The Kier molecular flexibility index (Phi) is 2.26. The molecule has 0 bridgehead atoms. The molecule has 1 rings (SSSR count). The fourth-order valence-electron chi connectivity index (χ4n) is 1.22. The van der Waals surface area contributed by atoms with Gasteiger partial charge in [0.25, 0.3) is 0 Å². The van der Waals surface area contributed by atoms with Crippen LogP contribution in [0.2, 0.25) is 0 Å². The van der Waals surface area contributed by atoms with Crippen molar-refractivity contribution in [2.75, 3.05) is 7.05 Å². The molecule has 0 spiro atoms. The monoisotopic (exact) mass is 170 g/mol. The van der Waals surface area contributed by atoms with Crippen LogP contribution < -0.4 is 0 Å². The van der Waals surface area contributed by atoms with Crippen molar-refractivity contribution in [1.82, 2.24) is 9.80 Å². The van der Waals surface area contributed by atoms with Crippen molar-refractivity contribution >= 4 is 5.97 Å². The van der Waals surface area contributed by atoms with Crippen LogP contribution in [-0.2, 0) is 4.79 Å². The molecular weight excluding hydrogens is 156 g/mol. The van der Waals surface area contributed by atoms with Gasteiger partial charge in [0.2, 0.25) is 0 Å². The van der Waals surface area contributed by atoms with E-state index in [1.54, 1.807) is 6.92 Å². The zero-order chi connectivity index (χ0) is 9.30. The molecule has 0 aromatic heterocycles. The van der Waals surface area contributed by atoms with Gasteiger partial charge in [-0.25, -0.2) is 4.79 Å². The maximum Gasteiger partial charge on any atom is 0.326 e. The Morgan fingerprint density at radius 1 is 1.58 bits per heavy atom. The molecule has 1 aliphatic rings. The average molecular weight is 170 g/mol. The SMILES string of the molecule is CC(C(=O)O)N1C=CN(C)C1C. The van der Waals surface area contributed by atoms with Crippen LogP contribution in [0, 0.1) is 0 Å². The third-order valence-electron chi connectivity index (χ3n) is 2.30. The molecule has 0 aliphatic carbocycles. The Morgan fingerprint density at radius 2 is 2.17 bits per heavy atom. The largest absolute Gasteiger partial charge is 0.480 e. The Bertz CT molecular complexity index is 215. The van der Waals surface area contributed by atoms with E-state index in [1.165, 1.54) is 0 Å². The quantitative estimate of drug-likeness (QED) is 0.656. The third-order valence-corrected chi connectivity index (χ3v) is 2.30. The van der Waals surface area contributed by atoms with Gasteiger partial charge in [-0.15, -0.1) is 0 Å². The second-order valence-electron chi connectivity index (χ2n) is 3.06. The summed E-state index contributed by atoms with van der Waals surface area (Å²) in [6.45, 7) is 3.65. The molecule has 4 nitrogen and oxygen atoms in total. The minimum atomic E-state index is -0.790. The first kappa shape index (κ1) is 8.90. The topological polar surface area (TPSA) is 43.8 Å². The first-order valence-electron chi connectivity index (χ1n) is 3.94. The van der Waals surface area contributed by atoms with Gasteiger partial charge in [-0.1, -0.05) is 0 Å². The predicted octanol–water partition coefficient (Wildman–Crippen LogP) is 0.524. The van der Waals surface area contributed by atoms with E-state index in [-0.39, 0.29) is 6.17 Å². The molecule has 68 valence electrons. The second-order valence-corrected chi connectivity index (χ2v) is 3.06. The highest BCUT2D eigenvalue weighted by atomic mass is 16.4. The molecular formula is C8H14N2O2. The highest BCUT2D eigenvalue weighted by molar-refractivity contribution is 5.73. The zero-order valence-corrected chi connectivity index (χ0v) is 7.56. The molecule has 0 fully saturated rings. The van der Waals surface area contributed by atoms with Crippen LogP contribution in [0.5, 0.6) is 0 Å². The van der Waals surface area contributed by atoms with E-state index in [9.17, 15) is 4.79 Å². The van der Waals surface area contributed by atoms with Crippen LogP contribution in [-0.4, -0.2) is 40.1 Å².